The Bertz CT molecular complexity index is 562. The highest BCUT2D eigenvalue weighted by Gasteiger charge is 2.15. The first-order chi connectivity index (χ1) is 8.60. The number of carbonyl (C=O) groups is 1. The van der Waals surface area contributed by atoms with E-state index in [9.17, 15) is 4.79 Å². The Hall–Kier alpha value is -1.76. The zero-order valence-corrected chi connectivity index (χ0v) is 11.2. The van der Waals surface area contributed by atoms with E-state index in [1.54, 1.807) is 11.6 Å². The zero-order chi connectivity index (χ0) is 13.1. The summed E-state index contributed by atoms with van der Waals surface area (Å²) in [5, 5.41) is 5.50. The van der Waals surface area contributed by atoms with E-state index in [-0.39, 0.29) is 5.69 Å². The van der Waals surface area contributed by atoms with Gasteiger partial charge in [0.2, 0.25) is 0 Å². The molecule has 0 fully saturated rings. The molecule has 18 heavy (non-hydrogen) atoms. The second-order valence-corrected chi connectivity index (χ2v) is 4.54. The number of hydrogen-bond acceptors (Lipinski definition) is 6. The summed E-state index contributed by atoms with van der Waals surface area (Å²) in [6, 6.07) is 1.92. The molecule has 0 aliphatic heterocycles. The standard InChI is InChI=1S/C11H13N3O3S/c1-4-16-10(15)8-6-17-11(12-8)18-9-5-7(2)13-14(9)3/h5-6H,4H2,1-3H3. The molecule has 96 valence electrons. The molecule has 7 heteroatoms. The molecule has 6 nitrogen and oxygen atoms in total. The number of carbonyl (C=O) groups excluding carboxylic acids is 1. The van der Waals surface area contributed by atoms with Crippen molar-refractivity contribution in [2.75, 3.05) is 6.61 Å². The van der Waals surface area contributed by atoms with Gasteiger partial charge in [-0.15, -0.1) is 0 Å². The lowest BCUT2D eigenvalue weighted by Gasteiger charge is -1.96. The minimum Gasteiger partial charge on any atom is -0.461 e. The molecular weight excluding hydrogens is 254 g/mol. The molecule has 0 N–H and O–H groups in total. The van der Waals surface area contributed by atoms with Crippen molar-refractivity contribution < 1.29 is 13.9 Å². The van der Waals surface area contributed by atoms with Crippen LogP contribution in [0.2, 0.25) is 0 Å². The second kappa shape index (κ2) is 5.26. The third-order valence-corrected chi connectivity index (χ3v) is 3.07. The molecule has 2 aromatic heterocycles. The Labute approximate surface area is 108 Å². The van der Waals surface area contributed by atoms with Crippen LogP contribution in [0, 0.1) is 6.92 Å². The summed E-state index contributed by atoms with van der Waals surface area (Å²) in [5.74, 6) is -0.478. The maximum Gasteiger partial charge on any atom is 0.360 e. The number of esters is 1. The van der Waals surface area contributed by atoms with Crippen LogP contribution in [-0.2, 0) is 11.8 Å². The fourth-order valence-electron chi connectivity index (χ4n) is 1.37. The lowest BCUT2D eigenvalue weighted by Crippen LogP contribution is -2.04. The first-order valence-corrected chi connectivity index (χ1v) is 6.23. The van der Waals surface area contributed by atoms with Gasteiger partial charge in [-0.05, 0) is 31.7 Å². The van der Waals surface area contributed by atoms with Crippen LogP contribution in [0.1, 0.15) is 23.1 Å². The molecule has 0 saturated carbocycles. The molecule has 2 aromatic rings. The van der Waals surface area contributed by atoms with Crippen LogP contribution >= 0.6 is 11.8 Å². The summed E-state index contributed by atoms with van der Waals surface area (Å²) in [6.07, 6.45) is 1.30. The van der Waals surface area contributed by atoms with Crippen molar-refractivity contribution in [3.63, 3.8) is 0 Å². The predicted molar refractivity (Wildman–Crippen MR) is 64.5 cm³/mol. The van der Waals surface area contributed by atoms with E-state index in [0.717, 1.165) is 10.7 Å². The Morgan fingerprint density at radius 3 is 3.00 bits per heavy atom. The van der Waals surface area contributed by atoms with Crippen molar-refractivity contribution >= 4 is 17.7 Å². The van der Waals surface area contributed by atoms with Gasteiger partial charge in [-0.3, -0.25) is 4.68 Å². The molecule has 0 aliphatic carbocycles. The van der Waals surface area contributed by atoms with Gasteiger partial charge in [0.1, 0.15) is 11.3 Å². The van der Waals surface area contributed by atoms with Crippen LogP contribution in [-0.4, -0.2) is 27.3 Å². The van der Waals surface area contributed by atoms with E-state index in [1.807, 2.05) is 20.0 Å². The number of rotatable bonds is 4. The van der Waals surface area contributed by atoms with Gasteiger partial charge in [-0.25, -0.2) is 4.79 Å². The minimum atomic E-state index is -0.478. The molecule has 0 aliphatic rings. The Kier molecular flexibility index (Phi) is 3.71. The van der Waals surface area contributed by atoms with Crippen LogP contribution in [0.5, 0.6) is 0 Å². The maximum absolute atomic E-state index is 11.4. The van der Waals surface area contributed by atoms with Gasteiger partial charge >= 0.3 is 5.97 Å². The highest BCUT2D eigenvalue weighted by atomic mass is 32.2. The molecule has 0 saturated heterocycles. The number of nitrogens with zero attached hydrogens (tertiary/aromatic N) is 3. The van der Waals surface area contributed by atoms with E-state index in [2.05, 4.69) is 10.1 Å². The zero-order valence-electron chi connectivity index (χ0n) is 10.3. The third kappa shape index (κ3) is 2.73. The van der Waals surface area contributed by atoms with Gasteiger partial charge in [-0.1, -0.05) is 0 Å². The van der Waals surface area contributed by atoms with Gasteiger partial charge in [0, 0.05) is 7.05 Å². The predicted octanol–water partition coefficient (Wildman–Crippen LogP) is 2.04. The minimum absolute atomic E-state index is 0.179. The fraction of sp³-hybridized carbons (Fsp3) is 0.364. The van der Waals surface area contributed by atoms with Crippen LogP contribution in [0.15, 0.2) is 27.0 Å². The highest BCUT2D eigenvalue weighted by molar-refractivity contribution is 7.99. The van der Waals surface area contributed by atoms with E-state index in [4.69, 9.17) is 9.15 Å². The first-order valence-electron chi connectivity index (χ1n) is 5.41. The Balaban J connectivity index is 2.11. The fourth-order valence-corrected chi connectivity index (χ4v) is 2.20. The van der Waals surface area contributed by atoms with Crippen LogP contribution < -0.4 is 0 Å². The van der Waals surface area contributed by atoms with Crippen LogP contribution in [0.25, 0.3) is 0 Å². The van der Waals surface area contributed by atoms with Gasteiger partial charge in [0.05, 0.1) is 12.3 Å². The van der Waals surface area contributed by atoms with Crippen LogP contribution in [0.4, 0.5) is 0 Å². The van der Waals surface area contributed by atoms with E-state index < -0.39 is 5.97 Å². The van der Waals surface area contributed by atoms with Crippen molar-refractivity contribution in [2.45, 2.75) is 24.1 Å². The summed E-state index contributed by atoms with van der Waals surface area (Å²) in [6.45, 7) is 3.96. The molecule has 0 unspecified atom stereocenters. The number of aromatic nitrogens is 3. The summed E-state index contributed by atoms with van der Waals surface area (Å²) in [5.41, 5.74) is 1.09. The first kappa shape index (κ1) is 12.7. The quantitative estimate of drug-likeness (QED) is 0.789. The number of aryl methyl sites for hydroxylation is 2. The van der Waals surface area contributed by atoms with Gasteiger partial charge < -0.3 is 9.15 Å². The summed E-state index contributed by atoms with van der Waals surface area (Å²) in [7, 11) is 1.84. The molecule has 0 amide bonds. The molecule has 0 bridgehead atoms. The molecule has 0 radical (unpaired) electrons. The van der Waals surface area contributed by atoms with Crippen LogP contribution in [0.3, 0.4) is 0 Å². The largest absolute Gasteiger partial charge is 0.461 e. The van der Waals surface area contributed by atoms with Crippen molar-refractivity contribution in [3.05, 3.63) is 23.7 Å². The lowest BCUT2D eigenvalue weighted by molar-refractivity contribution is 0.0519. The second-order valence-electron chi connectivity index (χ2n) is 3.57. The lowest BCUT2D eigenvalue weighted by atomic mass is 10.5. The van der Waals surface area contributed by atoms with Crippen molar-refractivity contribution in [1.82, 2.24) is 14.8 Å². The molecule has 0 atom stereocenters. The third-order valence-electron chi connectivity index (χ3n) is 2.12. The van der Waals surface area contributed by atoms with Gasteiger partial charge in [0.15, 0.2) is 5.69 Å². The topological polar surface area (TPSA) is 70.2 Å². The molecular formula is C11H13N3O3S. The molecule has 2 heterocycles. The van der Waals surface area contributed by atoms with Gasteiger partial charge in [0.25, 0.3) is 5.22 Å². The smallest absolute Gasteiger partial charge is 0.360 e. The summed E-state index contributed by atoms with van der Waals surface area (Å²) < 4.78 is 11.8. The average molecular weight is 267 g/mol. The maximum atomic E-state index is 11.4. The van der Waals surface area contributed by atoms with Crippen molar-refractivity contribution in [2.24, 2.45) is 7.05 Å². The normalized spacial score (nSPS) is 10.6. The Morgan fingerprint density at radius 1 is 1.61 bits per heavy atom. The van der Waals surface area contributed by atoms with E-state index in [1.165, 1.54) is 18.0 Å². The molecule has 2 rings (SSSR count). The highest BCUT2D eigenvalue weighted by Crippen LogP contribution is 2.27. The molecule has 0 spiro atoms. The Morgan fingerprint density at radius 2 is 2.39 bits per heavy atom. The summed E-state index contributed by atoms with van der Waals surface area (Å²) in [4.78, 5) is 15.5. The number of oxazole rings is 1. The van der Waals surface area contributed by atoms with Crippen molar-refractivity contribution in [3.8, 4) is 0 Å². The number of ether oxygens (including phenoxy) is 1. The summed E-state index contributed by atoms with van der Waals surface area (Å²) >= 11 is 1.31. The van der Waals surface area contributed by atoms with Crippen molar-refractivity contribution in [1.29, 1.82) is 0 Å². The van der Waals surface area contributed by atoms with E-state index in [0.29, 0.717) is 11.8 Å². The monoisotopic (exact) mass is 267 g/mol. The average Bonchev–Trinajstić information content (AvgIpc) is 2.88. The number of hydrogen-bond donors (Lipinski definition) is 0. The van der Waals surface area contributed by atoms with Gasteiger partial charge in [-0.2, -0.15) is 10.1 Å². The van der Waals surface area contributed by atoms with E-state index >= 15 is 0 Å². The molecule has 0 aromatic carbocycles. The SMILES string of the molecule is CCOC(=O)c1coc(Sc2cc(C)nn2C)n1.